The lowest BCUT2D eigenvalue weighted by Crippen LogP contribution is -2.35. The Morgan fingerprint density at radius 2 is 1.83 bits per heavy atom. The second-order valence-electron chi connectivity index (χ2n) is 6.78. The summed E-state index contributed by atoms with van der Waals surface area (Å²) in [5.74, 6) is 0.0736. The second kappa shape index (κ2) is 9.09. The van der Waals surface area contributed by atoms with Gasteiger partial charge in [0.1, 0.15) is 5.84 Å². The van der Waals surface area contributed by atoms with Gasteiger partial charge in [0.05, 0.1) is 28.6 Å². The van der Waals surface area contributed by atoms with Crippen molar-refractivity contribution >= 4 is 33.0 Å². The average molecular weight is 427 g/mol. The third-order valence-corrected chi connectivity index (χ3v) is 6.86. The van der Waals surface area contributed by atoms with Gasteiger partial charge in [0, 0.05) is 10.7 Å². The predicted molar refractivity (Wildman–Crippen MR) is 113 cm³/mol. The van der Waals surface area contributed by atoms with E-state index >= 15 is 0 Å². The maximum Gasteiger partial charge on any atom is 0.209 e. The van der Waals surface area contributed by atoms with Gasteiger partial charge in [-0.05, 0) is 55.3 Å². The summed E-state index contributed by atoms with van der Waals surface area (Å²) in [4.78, 5) is 4.60. The van der Waals surface area contributed by atoms with Crippen LogP contribution in [0.2, 0.25) is 5.02 Å². The number of amidine groups is 1. The summed E-state index contributed by atoms with van der Waals surface area (Å²) in [6, 6.07) is 16.2. The molecular formula is C21H19ClN4O2S. The van der Waals surface area contributed by atoms with Crippen molar-refractivity contribution in [3.8, 4) is 12.1 Å². The van der Waals surface area contributed by atoms with Crippen LogP contribution in [-0.4, -0.2) is 25.5 Å². The molecule has 0 amide bonds. The molecule has 0 aromatic heterocycles. The van der Waals surface area contributed by atoms with Crippen LogP contribution in [0.25, 0.3) is 0 Å². The predicted octanol–water partition coefficient (Wildman–Crippen LogP) is 4.33. The van der Waals surface area contributed by atoms with Crippen molar-refractivity contribution in [2.24, 2.45) is 4.99 Å². The molecule has 6 nitrogen and oxygen atoms in total. The molecule has 1 saturated carbocycles. The van der Waals surface area contributed by atoms with Gasteiger partial charge in [-0.25, -0.2) is 8.42 Å². The van der Waals surface area contributed by atoms with Crippen molar-refractivity contribution < 1.29 is 8.42 Å². The van der Waals surface area contributed by atoms with Crippen LogP contribution in [0.1, 0.15) is 31.2 Å². The molecular weight excluding hydrogens is 408 g/mol. The van der Waals surface area contributed by atoms with Gasteiger partial charge in [-0.3, -0.25) is 4.99 Å². The Hall–Kier alpha value is -2.87. The van der Waals surface area contributed by atoms with E-state index in [9.17, 15) is 13.7 Å². The number of aliphatic imine (C=N–C) groups is 1. The summed E-state index contributed by atoms with van der Waals surface area (Å²) >= 11 is 5.86. The Balaban J connectivity index is 2.02. The Morgan fingerprint density at radius 1 is 1.14 bits per heavy atom. The molecule has 1 atom stereocenters. The Labute approximate surface area is 175 Å². The number of nitrogens with zero attached hydrogens (tertiary/aromatic N) is 3. The summed E-state index contributed by atoms with van der Waals surface area (Å²) in [6.45, 7) is 0. The summed E-state index contributed by atoms with van der Waals surface area (Å²) < 4.78 is 26.3. The highest BCUT2D eigenvalue weighted by atomic mass is 35.5. The van der Waals surface area contributed by atoms with Crippen molar-refractivity contribution in [3.05, 3.63) is 59.1 Å². The molecule has 2 aromatic rings. The van der Waals surface area contributed by atoms with Crippen molar-refractivity contribution in [1.82, 2.24) is 0 Å². The summed E-state index contributed by atoms with van der Waals surface area (Å²) in [5.41, 5.74) is 0.927. The number of rotatable bonds is 5. The standard InChI is InChI=1S/C21H19ClN4O2S/c22-16-8-10-19(11-9-16)29(27,28)20(14-24)21(25-17-5-1-2-6-17)26-18-7-3-4-15(12-18)13-23/h3-4,7-12,17,20H,1-2,5-6H2,(H,25,26). The van der Waals surface area contributed by atoms with Crippen molar-refractivity contribution in [3.63, 3.8) is 0 Å². The van der Waals surface area contributed by atoms with E-state index in [1.165, 1.54) is 24.3 Å². The van der Waals surface area contributed by atoms with Crippen LogP contribution in [0.15, 0.2) is 58.4 Å². The third-order valence-electron chi connectivity index (χ3n) is 4.73. The fourth-order valence-electron chi connectivity index (χ4n) is 3.25. The molecule has 1 aliphatic carbocycles. The number of anilines is 1. The van der Waals surface area contributed by atoms with Gasteiger partial charge >= 0.3 is 0 Å². The minimum Gasteiger partial charge on any atom is -0.342 e. The zero-order valence-corrected chi connectivity index (χ0v) is 17.1. The van der Waals surface area contributed by atoms with Gasteiger partial charge in [-0.2, -0.15) is 10.5 Å². The molecule has 0 aliphatic heterocycles. The molecule has 29 heavy (non-hydrogen) atoms. The zero-order chi connectivity index (χ0) is 20.9. The number of hydrogen-bond acceptors (Lipinski definition) is 5. The van der Waals surface area contributed by atoms with Crippen molar-refractivity contribution in [1.29, 1.82) is 10.5 Å². The van der Waals surface area contributed by atoms with Crippen LogP contribution in [0.4, 0.5) is 5.69 Å². The molecule has 1 fully saturated rings. The topological polar surface area (TPSA) is 106 Å². The smallest absolute Gasteiger partial charge is 0.209 e. The van der Waals surface area contributed by atoms with E-state index in [0.717, 1.165) is 25.7 Å². The molecule has 0 spiro atoms. The number of hydrogen-bond donors (Lipinski definition) is 1. The molecule has 2 aromatic carbocycles. The number of sulfone groups is 1. The first-order valence-electron chi connectivity index (χ1n) is 9.18. The highest BCUT2D eigenvalue weighted by Gasteiger charge is 2.33. The number of nitriles is 2. The molecule has 148 valence electrons. The van der Waals surface area contributed by atoms with E-state index in [1.807, 2.05) is 12.1 Å². The van der Waals surface area contributed by atoms with Gasteiger partial charge in [0.2, 0.25) is 15.1 Å². The van der Waals surface area contributed by atoms with Crippen LogP contribution < -0.4 is 5.32 Å². The first-order valence-corrected chi connectivity index (χ1v) is 11.1. The van der Waals surface area contributed by atoms with E-state index < -0.39 is 15.1 Å². The highest BCUT2D eigenvalue weighted by Crippen LogP contribution is 2.25. The molecule has 1 unspecified atom stereocenters. The summed E-state index contributed by atoms with van der Waals surface area (Å²) in [7, 11) is -4.02. The van der Waals surface area contributed by atoms with Crippen molar-refractivity contribution in [2.45, 2.75) is 41.9 Å². The lowest BCUT2D eigenvalue weighted by molar-refractivity contribution is 0.595. The Bertz CT molecular complexity index is 1090. The van der Waals surface area contributed by atoms with E-state index in [-0.39, 0.29) is 16.8 Å². The van der Waals surface area contributed by atoms with Crippen LogP contribution in [-0.2, 0) is 9.84 Å². The molecule has 1 N–H and O–H groups in total. The van der Waals surface area contributed by atoms with Crippen LogP contribution in [0.3, 0.4) is 0 Å². The van der Waals surface area contributed by atoms with E-state index in [0.29, 0.717) is 16.3 Å². The number of nitrogens with one attached hydrogen (secondary N) is 1. The number of benzene rings is 2. The van der Waals surface area contributed by atoms with Gasteiger partial charge < -0.3 is 5.32 Å². The fourth-order valence-corrected chi connectivity index (χ4v) is 4.71. The molecule has 0 saturated heterocycles. The summed E-state index contributed by atoms with van der Waals surface area (Å²) in [5, 5.41) is 20.8. The minimum absolute atomic E-state index is 0.000137. The Morgan fingerprint density at radius 3 is 2.45 bits per heavy atom. The second-order valence-corrected chi connectivity index (χ2v) is 9.25. The molecule has 0 heterocycles. The van der Waals surface area contributed by atoms with Crippen LogP contribution >= 0.6 is 11.6 Å². The summed E-state index contributed by atoms with van der Waals surface area (Å²) in [6.07, 6.45) is 3.74. The van der Waals surface area contributed by atoms with Gasteiger partial charge in [-0.15, -0.1) is 0 Å². The zero-order valence-electron chi connectivity index (χ0n) is 15.5. The maximum absolute atomic E-state index is 13.2. The monoisotopic (exact) mass is 426 g/mol. The molecule has 0 bridgehead atoms. The molecule has 1 aliphatic rings. The Kier molecular flexibility index (Phi) is 6.53. The SMILES string of the molecule is N#Cc1cccc(NC(=NC2CCCC2)C(C#N)S(=O)(=O)c2ccc(Cl)cc2)c1. The quantitative estimate of drug-likeness (QED) is 0.565. The van der Waals surface area contributed by atoms with Gasteiger partial charge in [0.25, 0.3) is 0 Å². The fraction of sp³-hybridized carbons (Fsp3) is 0.286. The largest absolute Gasteiger partial charge is 0.342 e. The van der Waals surface area contributed by atoms with Gasteiger partial charge in [0.15, 0.2) is 0 Å². The van der Waals surface area contributed by atoms with Crippen LogP contribution in [0, 0.1) is 22.7 Å². The first-order chi connectivity index (χ1) is 13.9. The molecule has 8 heteroatoms. The molecule has 0 radical (unpaired) electrons. The van der Waals surface area contributed by atoms with E-state index in [4.69, 9.17) is 16.9 Å². The lowest BCUT2D eigenvalue weighted by atomic mass is 10.2. The molecule has 3 rings (SSSR count). The highest BCUT2D eigenvalue weighted by molar-refractivity contribution is 7.93. The van der Waals surface area contributed by atoms with E-state index in [2.05, 4.69) is 10.3 Å². The van der Waals surface area contributed by atoms with Crippen molar-refractivity contribution in [2.75, 3.05) is 5.32 Å². The first kappa shape index (κ1) is 20.9. The third kappa shape index (κ3) is 4.95. The lowest BCUT2D eigenvalue weighted by Gasteiger charge is -2.18. The number of halogens is 1. The maximum atomic E-state index is 13.2. The van der Waals surface area contributed by atoms with E-state index in [1.54, 1.807) is 24.3 Å². The minimum atomic E-state index is -4.02. The van der Waals surface area contributed by atoms with Gasteiger partial charge in [-0.1, -0.05) is 30.5 Å². The van der Waals surface area contributed by atoms with Crippen LogP contribution in [0.5, 0.6) is 0 Å². The average Bonchev–Trinajstić information content (AvgIpc) is 3.22. The normalized spacial score (nSPS) is 16.0.